The first-order valence-corrected chi connectivity index (χ1v) is 7.61. The van der Waals surface area contributed by atoms with E-state index in [4.69, 9.17) is 4.74 Å². The molecule has 0 heterocycles. The summed E-state index contributed by atoms with van der Waals surface area (Å²) in [7, 11) is 0. The van der Waals surface area contributed by atoms with Gasteiger partial charge in [0.05, 0.1) is 0 Å². The highest BCUT2D eigenvalue weighted by atomic mass is 32.2. The van der Waals surface area contributed by atoms with Gasteiger partial charge in [0.2, 0.25) is 0 Å². The Bertz CT molecular complexity index is 337. The zero-order valence-electron chi connectivity index (χ0n) is 11.4. The lowest BCUT2D eigenvalue weighted by atomic mass is 10.1. The van der Waals surface area contributed by atoms with Gasteiger partial charge in [0, 0.05) is 18.8 Å². The minimum atomic E-state index is -0.467. The zero-order valence-corrected chi connectivity index (χ0v) is 12.2. The number of hydrogen-bond acceptors (Lipinski definition) is 4. The second-order valence-corrected chi connectivity index (χ2v) is 5.37. The van der Waals surface area contributed by atoms with Crippen molar-refractivity contribution in [2.24, 2.45) is 0 Å². The second kappa shape index (κ2) is 8.40. The summed E-state index contributed by atoms with van der Waals surface area (Å²) in [6, 6.07) is 6.05. The number of ether oxygens (including phenoxy) is 1. The highest BCUT2D eigenvalue weighted by Gasteiger charge is 2.07. The van der Waals surface area contributed by atoms with Crippen molar-refractivity contribution in [2.75, 3.05) is 31.7 Å². The molecule has 102 valence electrons. The molecule has 0 aliphatic rings. The fourth-order valence-electron chi connectivity index (χ4n) is 1.71. The Morgan fingerprint density at radius 3 is 2.61 bits per heavy atom. The third-order valence-corrected chi connectivity index (χ3v) is 3.30. The molecule has 18 heavy (non-hydrogen) atoms. The Morgan fingerprint density at radius 1 is 1.33 bits per heavy atom. The van der Waals surface area contributed by atoms with Crippen molar-refractivity contribution in [1.29, 1.82) is 0 Å². The number of benzene rings is 1. The van der Waals surface area contributed by atoms with E-state index >= 15 is 0 Å². The predicted octanol–water partition coefficient (Wildman–Crippen LogP) is 2.00. The van der Waals surface area contributed by atoms with Gasteiger partial charge in [0.15, 0.2) is 0 Å². The maximum Gasteiger partial charge on any atom is 0.125 e. The van der Waals surface area contributed by atoms with E-state index in [1.54, 1.807) is 11.8 Å². The number of nitrogens with one attached hydrogen (secondary N) is 1. The Balaban J connectivity index is 2.31. The zero-order chi connectivity index (χ0) is 13.4. The number of aliphatic hydroxyl groups is 1. The van der Waals surface area contributed by atoms with Gasteiger partial charge in [-0.3, -0.25) is 0 Å². The molecule has 0 aromatic heterocycles. The fourth-order valence-corrected chi connectivity index (χ4v) is 2.06. The Kier molecular flexibility index (Phi) is 7.16. The molecule has 0 amide bonds. The van der Waals surface area contributed by atoms with Crippen LogP contribution in [0.1, 0.15) is 11.1 Å². The van der Waals surface area contributed by atoms with Gasteiger partial charge in [-0.1, -0.05) is 18.2 Å². The summed E-state index contributed by atoms with van der Waals surface area (Å²) in [5.41, 5.74) is 2.22. The van der Waals surface area contributed by atoms with Gasteiger partial charge in [-0.2, -0.15) is 11.8 Å². The SMILES string of the molecule is CSCCNCC(O)COc1c(C)cccc1C. The average Bonchev–Trinajstić information content (AvgIpc) is 2.34. The lowest BCUT2D eigenvalue weighted by Gasteiger charge is -2.16. The van der Waals surface area contributed by atoms with Gasteiger partial charge >= 0.3 is 0 Å². The Hall–Kier alpha value is -0.710. The summed E-state index contributed by atoms with van der Waals surface area (Å²) in [5, 5.41) is 13.0. The molecule has 0 fully saturated rings. The predicted molar refractivity (Wildman–Crippen MR) is 78.7 cm³/mol. The van der Waals surface area contributed by atoms with E-state index in [0.717, 1.165) is 29.2 Å². The van der Waals surface area contributed by atoms with E-state index in [2.05, 4.69) is 11.6 Å². The van der Waals surface area contributed by atoms with Crippen LogP contribution >= 0.6 is 11.8 Å². The van der Waals surface area contributed by atoms with Crippen LogP contribution in [0.3, 0.4) is 0 Å². The maximum atomic E-state index is 9.80. The molecule has 4 heteroatoms. The molecule has 3 nitrogen and oxygen atoms in total. The van der Waals surface area contributed by atoms with Crippen molar-refractivity contribution >= 4 is 11.8 Å². The van der Waals surface area contributed by atoms with Gasteiger partial charge in [-0.05, 0) is 31.2 Å². The number of hydrogen-bond donors (Lipinski definition) is 2. The number of thioether (sulfide) groups is 1. The van der Waals surface area contributed by atoms with Crippen molar-refractivity contribution in [2.45, 2.75) is 20.0 Å². The molecule has 1 rings (SSSR count). The minimum Gasteiger partial charge on any atom is -0.490 e. The number of rotatable bonds is 8. The molecule has 0 saturated carbocycles. The summed E-state index contributed by atoms with van der Waals surface area (Å²) in [4.78, 5) is 0. The third-order valence-electron chi connectivity index (χ3n) is 2.69. The topological polar surface area (TPSA) is 41.5 Å². The van der Waals surface area contributed by atoms with Crippen LogP contribution in [0.15, 0.2) is 18.2 Å². The minimum absolute atomic E-state index is 0.331. The smallest absolute Gasteiger partial charge is 0.125 e. The molecular weight excluding hydrogens is 246 g/mol. The molecule has 0 saturated heterocycles. The van der Waals surface area contributed by atoms with Gasteiger partial charge < -0.3 is 15.2 Å². The van der Waals surface area contributed by atoms with Crippen molar-refractivity contribution in [3.63, 3.8) is 0 Å². The summed E-state index contributed by atoms with van der Waals surface area (Å²) < 4.78 is 5.69. The molecule has 1 aromatic rings. The van der Waals surface area contributed by atoms with E-state index < -0.39 is 6.10 Å². The number of aliphatic hydroxyl groups excluding tert-OH is 1. The van der Waals surface area contributed by atoms with Crippen molar-refractivity contribution in [3.8, 4) is 5.75 Å². The molecular formula is C14H23NO2S. The summed E-state index contributed by atoms with van der Waals surface area (Å²) >= 11 is 1.79. The summed E-state index contributed by atoms with van der Waals surface area (Å²) in [5.74, 6) is 1.95. The summed E-state index contributed by atoms with van der Waals surface area (Å²) in [6.45, 7) is 5.86. The van der Waals surface area contributed by atoms with E-state index in [1.165, 1.54) is 0 Å². The molecule has 1 aromatic carbocycles. The standard InChI is InChI=1S/C14H23NO2S/c1-11-5-4-6-12(2)14(11)17-10-13(16)9-15-7-8-18-3/h4-6,13,15-16H,7-10H2,1-3H3. The second-order valence-electron chi connectivity index (χ2n) is 4.38. The quantitative estimate of drug-likeness (QED) is 0.708. The van der Waals surface area contributed by atoms with Crippen LogP contribution in [0.4, 0.5) is 0 Å². The Morgan fingerprint density at radius 2 is 2.00 bits per heavy atom. The average molecular weight is 269 g/mol. The molecule has 0 aliphatic carbocycles. The summed E-state index contributed by atoms with van der Waals surface area (Å²) in [6.07, 6.45) is 1.60. The Labute approximate surface area is 114 Å². The highest BCUT2D eigenvalue weighted by molar-refractivity contribution is 7.98. The van der Waals surface area contributed by atoms with Crippen LogP contribution in [-0.2, 0) is 0 Å². The molecule has 0 bridgehead atoms. The molecule has 0 aliphatic heterocycles. The van der Waals surface area contributed by atoms with Crippen LogP contribution in [-0.4, -0.2) is 42.9 Å². The van der Waals surface area contributed by atoms with Gasteiger partial charge in [0.25, 0.3) is 0 Å². The monoisotopic (exact) mass is 269 g/mol. The van der Waals surface area contributed by atoms with Crippen molar-refractivity contribution in [3.05, 3.63) is 29.3 Å². The molecule has 0 radical (unpaired) electrons. The van der Waals surface area contributed by atoms with E-state index in [-0.39, 0.29) is 0 Å². The highest BCUT2D eigenvalue weighted by Crippen LogP contribution is 2.22. The molecule has 1 atom stereocenters. The van der Waals surface area contributed by atoms with Crippen LogP contribution < -0.4 is 10.1 Å². The number of aryl methyl sites for hydroxylation is 2. The maximum absolute atomic E-state index is 9.80. The van der Waals surface area contributed by atoms with Gasteiger partial charge in [-0.25, -0.2) is 0 Å². The van der Waals surface area contributed by atoms with Gasteiger partial charge in [0.1, 0.15) is 18.5 Å². The van der Waals surface area contributed by atoms with Crippen LogP contribution in [0.2, 0.25) is 0 Å². The van der Waals surface area contributed by atoms with E-state index in [1.807, 2.05) is 32.0 Å². The van der Waals surface area contributed by atoms with Crippen LogP contribution in [0.5, 0.6) is 5.75 Å². The van der Waals surface area contributed by atoms with E-state index in [9.17, 15) is 5.11 Å². The fraction of sp³-hybridized carbons (Fsp3) is 0.571. The normalized spacial score (nSPS) is 12.4. The largest absolute Gasteiger partial charge is 0.490 e. The lowest BCUT2D eigenvalue weighted by molar-refractivity contribution is 0.106. The first-order chi connectivity index (χ1) is 8.65. The van der Waals surface area contributed by atoms with Gasteiger partial charge in [-0.15, -0.1) is 0 Å². The first kappa shape index (κ1) is 15.3. The van der Waals surface area contributed by atoms with Crippen LogP contribution in [0, 0.1) is 13.8 Å². The first-order valence-electron chi connectivity index (χ1n) is 6.22. The third kappa shape index (κ3) is 5.29. The van der Waals surface area contributed by atoms with E-state index in [0.29, 0.717) is 13.2 Å². The van der Waals surface area contributed by atoms with Crippen LogP contribution in [0.25, 0.3) is 0 Å². The van der Waals surface area contributed by atoms with Crippen molar-refractivity contribution < 1.29 is 9.84 Å². The molecule has 0 spiro atoms. The lowest BCUT2D eigenvalue weighted by Crippen LogP contribution is -2.32. The van der Waals surface area contributed by atoms with Crippen molar-refractivity contribution in [1.82, 2.24) is 5.32 Å². The number of para-hydroxylation sites is 1. The molecule has 2 N–H and O–H groups in total. The molecule has 1 unspecified atom stereocenters.